The molecule has 0 atom stereocenters. The van der Waals surface area contributed by atoms with Crippen molar-refractivity contribution in [2.24, 2.45) is 0 Å². The molecule has 12 heavy (non-hydrogen) atoms. The zero-order valence-electron chi connectivity index (χ0n) is 6.11. The quantitative estimate of drug-likeness (QED) is 0.718. The summed E-state index contributed by atoms with van der Waals surface area (Å²) in [6, 6.07) is 1.31. The third-order valence-corrected chi connectivity index (χ3v) is 2.79. The van der Waals surface area contributed by atoms with Gasteiger partial charge in [0, 0.05) is 10.0 Å². The molecule has 0 unspecified atom stereocenters. The number of hydrogen-bond donors (Lipinski definition) is 0. The van der Waals surface area contributed by atoms with Crippen molar-refractivity contribution in [2.75, 3.05) is 0 Å². The van der Waals surface area contributed by atoms with Gasteiger partial charge in [0.1, 0.15) is 4.60 Å². The average Bonchev–Trinajstić information content (AvgIpc) is 1.96. The van der Waals surface area contributed by atoms with Gasteiger partial charge in [-0.1, -0.05) is 0 Å². The number of aromatic nitrogens is 1. The first kappa shape index (κ1) is 10.1. The highest BCUT2D eigenvalue weighted by Crippen LogP contribution is 2.30. The van der Waals surface area contributed by atoms with E-state index in [1.54, 1.807) is 6.92 Å². The Morgan fingerprint density at radius 1 is 1.42 bits per heavy atom. The van der Waals surface area contributed by atoms with Crippen LogP contribution in [0.15, 0.2) is 15.1 Å². The van der Waals surface area contributed by atoms with Crippen LogP contribution in [0, 0.1) is 6.92 Å². The lowest BCUT2D eigenvalue weighted by Gasteiger charge is -2.05. The fourth-order valence-corrected chi connectivity index (χ4v) is 1.69. The van der Waals surface area contributed by atoms with Crippen LogP contribution in [0.2, 0.25) is 0 Å². The molecule has 0 spiro atoms. The number of alkyl halides is 2. The van der Waals surface area contributed by atoms with Gasteiger partial charge in [0.25, 0.3) is 6.43 Å². The summed E-state index contributed by atoms with van der Waals surface area (Å²) in [7, 11) is 0. The number of pyridine rings is 1. The number of halogens is 4. The van der Waals surface area contributed by atoms with E-state index in [2.05, 4.69) is 36.8 Å². The van der Waals surface area contributed by atoms with E-state index in [9.17, 15) is 8.78 Å². The van der Waals surface area contributed by atoms with Crippen LogP contribution >= 0.6 is 31.9 Å². The highest BCUT2D eigenvalue weighted by molar-refractivity contribution is 9.11. The molecular formula is C7H5Br2F2N. The van der Waals surface area contributed by atoms with Crippen molar-refractivity contribution in [1.29, 1.82) is 0 Å². The maximum absolute atomic E-state index is 12.3. The second-order valence-corrected chi connectivity index (χ2v) is 3.84. The van der Waals surface area contributed by atoms with Gasteiger partial charge in [-0.15, -0.1) is 0 Å². The van der Waals surface area contributed by atoms with Crippen molar-refractivity contribution in [2.45, 2.75) is 13.3 Å². The molecule has 66 valence electrons. The maximum atomic E-state index is 12.3. The molecule has 0 radical (unpaired) electrons. The van der Waals surface area contributed by atoms with Gasteiger partial charge in [-0.25, -0.2) is 13.8 Å². The minimum Gasteiger partial charge on any atom is -0.245 e. The van der Waals surface area contributed by atoms with Crippen molar-refractivity contribution >= 4 is 31.9 Å². The summed E-state index contributed by atoms with van der Waals surface area (Å²) in [6.07, 6.45) is -2.47. The Labute approximate surface area is 85.4 Å². The standard InChI is InChI=1S/C7H5Br2F2N/c1-3-6(9)4(7(10)11)2-5(8)12-3/h2,7H,1H3. The van der Waals surface area contributed by atoms with Crippen LogP contribution in [0.4, 0.5) is 8.78 Å². The van der Waals surface area contributed by atoms with Crippen molar-refractivity contribution < 1.29 is 8.78 Å². The Kier molecular flexibility index (Phi) is 3.17. The Hall–Kier alpha value is -0.0300. The third kappa shape index (κ3) is 2.01. The molecule has 0 aliphatic carbocycles. The number of hydrogen-bond acceptors (Lipinski definition) is 1. The minimum absolute atomic E-state index is 0.0330. The Morgan fingerprint density at radius 3 is 2.50 bits per heavy atom. The largest absolute Gasteiger partial charge is 0.265 e. The van der Waals surface area contributed by atoms with E-state index in [0.29, 0.717) is 14.8 Å². The summed E-state index contributed by atoms with van der Waals surface area (Å²) in [4.78, 5) is 3.95. The first-order valence-corrected chi connectivity index (χ1v) is 4.71. The van der Waals surface area contributed by atoms with Gasteiger partial charge in [-0.05, 0) is 44.8 Å². The fourth-order valence-electron chi connectivity index (χ4n) is 0.801. The van der Waals surface area contributed by atoms with Crippen LogP contribution in [0.1, 0.15) is 17.7 Å². The van der Waals surface area contributed by atoms with Crippen molar-refractivity contribution in [3.63, 3.8) is 0 Å². The van der Waals surface area contributed by atoms with Crippen molar-refractivity contribution in [3.8, 4) is 0 Å². The van der Waals surface area contributed by atoms with E-state index in [4.69, 9.17) is 0 Å². The Bertz CT molecular complexity index is 302. The van der Waals surface area contributed by atoms with Gasteiger partial charge in [0.05, 0.1) is 5.69 Å². The van der Waals surface area contributed by atoms with E-state index in [1.807, 2.05) is 0 Å². The summed E-state index contributed by atoms with van der Waals surface area (Å²) < 4.78 is 25.4. The normalized spacial score (nSPS) is 10.8. The molecule has 0 bridgehead atoms. The zero-order valence-corrected chi connectivity index (χ0v) is 9.29. The van der Waals surface area contributed by atoms with Gasteiger partial charge in [-0.3, -0.25) is 0 Å². The highest BCUT2D eigenvalue weighted by Gasteiger charge is 2.14. The Balaban J connectivity index is 3.28. The lowest BCUT2D eigenvalue weighted by molar-refractivity contribution is 0.150. The lowest BCUT2D eigenvalue weighted by Crippen LogP contribution is -1.93. The molecule has 1 aromatic heterocycles. The van der Waals surface area contributed by atoms with Crippen molar-refractivity contribution in [1.82, 2.24) is 4.98 Å². The summed E-state index contributed by atoms with van der Waals surface area (Å²) >= 11 is 6.10. The van der Waals surface area contributed by atoms with Crippen LogP contribution in [-0.2, 0) is 0 Å². The van der Waals surface area contributed by atoms with Gasteiger partial charge >= 0.3 is 0 Å². The molecule has 0 saturated heterocycles. The van der Waals surface area contributed by atoms with E-state index in [-0.39, 0.29) is 5.56 Å². The van der Waals surface area contributed by atoms with E-state index in [0.717, 1.165) is 0 Å². The number of aryl methyl sites for hydroxylation is 1. The monoisotopic (exact) mass is 299 g/mol. The van der Waals surface area contributed by atoms with Crippen LogP contribution in [-0.4, -0.2) is 4.98 Å². The van der Waals surface area contributed by atoms with Crippen LogP contribution in [0.3, 0.4) is 0 Å². The van der Waals surface area contributed by atoms with E-state index < -0.39 is 6.43 Å². The molecular weight excluding hydrogens is 296 g/mol. The second-order valence-electron chi connectivity index (χ2n) is 2.23. The summed E-state index contributed by atoms with van der Waals surface area (Å²) in [5.41, 5.74) is 0.522. The van der Waals surface area contributed by atoms with Gasteiger partial charge < -0.3 is 0 Å². The molecule has 0 amide bonds. The SMILES string of the molecule is Cc1nc(Br)cc(C(F)F)c1Br. The first-order chi connectivity index (χ1) is 5.52. The molecule has 0 N–H and O–H groups in total. The highest BCUT2D eigenvalue weighted by atomic mass is 79.9. The summed E-state index contributed by atoms with van der Waals surface area (Å²) in [5, 5.41) is 0. The number of nitrogens with zero attached hydrogens (tertiary/aromatic N) is 1. The minimum atomic E-state index is -2.47. The molecule has 0 fully saturated rings. The van der Waals surface area contributed by atoms with Crippen molar-refractivity contribution in [3.05, 3.63) is 26.4 Å². The maximum Gasteiger partial charge on any atom is 0.265 e. The fraction of sp³-hybridized carbons (Fsp3) is 0.286. The average molecular weight is 301 g/mol. The first-order valence-electron chi connectivity index (χ1n) is 3.13. The molecule has 0 aromatic carbocycles. The zero-order chi connectivity index (χ0) is 9.30. The third-order valence-electron chi connectivity index (χ3n) is 1.36. The van der Waals surface area contributed by atoms with Crippen LogP contribution in [0.25, 0.3) is 0 Å². The molecule has 5 heteroatoms. The molecule has 1 rings (SSSR count). The second kappa shape index (κ2) is 3.79. The predicted octanol–water partition coefficient (Wildman–Crippen LogP) is 3.85. The van der Waals surface area contributed by atoms with Crippen LogP contribution < -0.4 is 0 Å². The van der Waals surface area contributed by atoms with E-state index in [1.165, 1.54) is 6.07 Å². The van der Waals surface area contributed by atoms with Gasteiger partial charge in [-0.2, -0.15) is 0 Å². The summed E-state index contributed by atoms with van der Waals surface area (Å²) in [5.74, 6) is 0. The lowest BCUT2D eigenvalue weighted by atomic mass is 10.2. The molecule has 0 aliphatic rings. The molecule has 1 heterocycles. The predicted molar refractivity (Wildman–Crippen MR) is 49.3 cm³/mol. The molecule has 0 aliphatic heterocycles. The van der Waals surface area contributed by atoms with Crippen LogP contribution in [0.5, 0.6) is 0 Å². The van der Waals surface area contributed by atoms with Gasteiger partial charge in [0.15, 0.2) is 0 Å². The number of rotatable bonds is 1. The molecule has 0 saturated carbocycles. The summed E-state index contributed by atoms with van der Waals surface area (Å²) in [6.45, 7) is 1.67. The van der Waals surface area contributed by atoms with Gasteiger partial charge in [0.2, 0.25) is 0 Å². The van der Waals surface area contributed by atoms with E-state index >= 15 is 0 Å². The Morgan fingerprint density at radius 2 is 2.00 bits per heavy atom. The molecule has 1 aromatic rings. The topological polar surface area (TPSA) is 12.9 Å². The molecule has 1 nitrogen and oxygen atoms in total. The smallest absolute Gasteiger partial charge is 0.245 e.